The molecule has 0 saturated carbocycles. The third-order valence-corrected chi connectivity index (χ3v) is 4.73. The fraction of sp³-hybridized carbons (Fsp3) is 0.667. The predicted molar refractivity (Wildman–Crippen MR) is 77.1 cm³/mol. The van der Waals surface area contributed by atoms with Crippen LogP contribution in [0.15, 0.2) is 15.9 Å². The maximum absolute atomic E-state index is 5.67. The number of hydrazine groups is 1. The third-order valence-electron chi connectivity index (χ3n) is 2.78. The number of rotatable bonds is 5. The Labute approximate surface area is 116 Å². The van der Waals surface area contributed by atoms with E-state index in [-0.39, 0.29) is 17.6 Å². The van der Waals surface area contributed by atoms with Gasteiger partial charge in [0.05, 0.1) is 12.1 Å². The molecule has 1 aromatic rings. The van der Waals surface area contributed by atoms with Gasteiger partial charge in [0.15, 0.2) is 0 Å². The average Bonchev–Trinajstić information content (AvgIpc) is 2.62. The number of hydrogen-bond donors (Lipinski definition) is 2. The van der Waals surface area contributed by atoms with Crippen molar-refractivity contribution in [3.8, 4) is 0 Å². The van der Waals surface area contributed by atoms with Crippen LogP contribution in [0.1, 0.15) is 25.6 Å². The largest absolute Gasteiger partial charge is 0.379 e. The van der Waals surface area contributed by atoms with Crippen LogP contribution < -0.4 is 11.3 Å². The Morgan fingerprint density at radius 1 is 1.53 bits per heavy atom. The summed E-state index contributed by atoms with van der Waals surface area (Å²) >= 11 is 5.28. The second-order valence-electron chi connectivity index (χ2n) is 5.19. The zero-order valence-corrected chi connectivity index (χ0v) is 13.2. The van der Waals surface area contributed by atoms with Crippen molar-refractivity contribution in [2.75, 3.05) is 7.11 Å². The Morgan fingerprint density at radius 2 is 2.18 bits per heavy atom. The van der Waals surface area contributed by atoms with Gasteiger partial charge in [-0.25, -0.2) is 0 Å². The number of nitrogens with two attached hydrogens (primary N) is 1. The lowest BCUT2D eigenvalue weighted by Crippen LogP contribution is -2.51. The van der Waals surface area contributed by atoms with Crippen LogP contribution >= 0.6 is 27.3 Å². The molecule has 0 fully saturated rings. The smallest absolute Gasteiger partial charge is 0.0789 e. The fourth-order valence-corrected chi connectivity index (χ4v) is 3.62. The van der Waals surface area contributed by atoms with Gasteiger partial charge < -0.3 is 4.74 Å². The highest BCUT2D eigenvalue weighted by molar-refractivity contribution is 9.10. The van der Waals surface area contributed by atoms with Gasteiger partial charge in [0.1, 0.15) is 0 Å². The van der Waals surface area contributed by atoms with Crippen molar-refractivity contribution in [1.82, 2.24) is 5.43 Å². The normalized spacial score (nSPS) is 15.9. The Hall–Kier alpha value is 0.0600. The van der Waals surface area contributed by atoms with Gasteiger partial charge in [-0.3, -0.25) is 11.3 Å². The van der Waals surface area contributed by atoms with E-state index in [9.17, 15) is 0 Å². The van der Waals surface area contributed by atoms with E-state index in [1.54, 1.807) is 18.4 Å². The minimum atomic E-state index is 0.0511. The predicted octanol–water partition coefficient (Wildman–Crippen LogP) is 2.95. The first kappa shape index (κ1) is 15.1. The van der Waals surface area contributed by atoms with Crippen molar-refractivity contribution in [2.24, 2.45) is 11.3 Å². The standard InChI is InChI=1S/C12H21BrN2OS/c1-12(2,3)11(16-4)9(15-14)7-10-8(13)5-6-17-10/h5-6,9,11,15H,7,14H2,1-4H3. The van der Waals surface area contributed by atoms with Gasteiger partial charge in [0, 0.05) is 22.9 Å². The summed E-state index contributed by atoms with van der Waals surface area (Å²) in [5.74, 6) is 5.67. The van der Waals surface area contributed by atoms with Crippen molar-refractivity contribution in [3.05, 3.63) is 20.8 Å². The highest BCUT2D eigenvalue weighted by Gasteiger charge is 2.32. The second kappa shape index (κ2) is 6.29. The first-order chi connectivity index (χ1) is 7.90. The third kappa shape index (κ3) is 4.03. The van der Waals surface area contributed by atoms with Crippen molar-refractivity contribution < 1.29 is 4.74 Å². The lowest BCUT2D eigenvalue weighted by molar-refractivity contribution is -0.0109. The Kier molecular flexibility index (Phi) is 5.60. The van der Waals surface area contributed by atoms with Crippen molar-refractivity contribution >= 4 is 27.3 Å². The molecule has 0 aromatic carbocycles. The number of nitrogens with one attached hydrogen (secondary N) is 1. The Balaban J connectivity index is 2.81. The van der Waals surface area contributed by atoms with Gasteiger partial charge in [-0.2, -0.15) is 0 Å². The van der Waals surface area contributed by atoms with Crippen LogP contribution in [-0.4, -0.2) is 19.3 Å². The highest BCUT2D eigenvalue weighted by Crippen LogP contribution is 2.29. The minimum absolute atomic E-state index is 0.0511. The molecule has 0 saturated heterocycles. The number of halogens is 1. The van der Waals surface area contributed by atoms with Crippen LogP contribution in [0, 0.1) is 5.41 Å². The Bertz CT molecular complexity index is 349. The molecule has 0 bridgehead atoms. The molecular weight excluding hydrogens is 300 g/mol. The van der Waals surface area contributed by atoms with Crippen molar-refractivity contribution in [3.63, 3.8) is 0 Å². The first-order valence-electron chi connectivity index (χ1n) is 5.61. The molecule has 1 aromatic heterocycles. The van der Waals surface area contributed by atoms with Gasteiger partial charge in [-0.05, 0) is 32.8 Å². The molecule has 0 radical (unpaired) electrons. The summed E-state index contributed by atoms with van der Waals surface area (Å²) in [5.41, 5.74) is 2.94. The van der Waals surface area contributed by atoms with E-state index in [1.165, 1.54) is 4.88 Å². The number of hydrogen-bond acceptors (Lipinski definition) is 4. The summed E-state index contributed by atoms with van der Waals surface area (Å²) in [5, 5.41) is 2.08. The van der Waals surface area contributed by atoms with Crippen LogP contribution in [0.4, 0.5) is 0 Å². The van der Waals surface area contributed by atoms with Gasteiger partial charge in [0.2, 0.25) is 0 Å². The van der Waals surface area contributed by atoms with E-state index < -0.39 is 0 Å². The summed E-state index contributed by atoms with van der Waals surface area (Å²) in [4.78, 5) is 1.29. The van der Waals surface area contributed by atoms with Gasteiger partial charge in [-0.15, -0.1) is 11.3 Å². The highest BCUT2D eigenvalue weighted by atomic mass is 79.9. The number of ether oxygens (including phenoxy) is 1. The maximum Gasteiger partial charge on any atom is 0.0789 e. The fourth-order valence-electron chi connectivity index (χ4n) is 2.05. The van der Waals surface area contributed by atoms with E-state index in [1.807, 2.05) is 0 Å². The lowest BCUT2D eigenvalue weighted by Gasteiger charge is -2.35. The molecule has 2 unspecified atom stereocenters. The summed E-state index contributed by atoms with van der Waals surface area (Å²) in [6.07, 6.45) is 0.936. The van der Waals surface area contributed by atoms with Crippen LogP contribution in [0.5, 0.6) is 0 Å². The summed E-state index contributed by atoms with van der Waals surface area (Å²) in [6.45, 7) is 6.49. The maximum atomic E-state index is 5.67. The molecule has 1 heterocycles. The molecule has 3 nitrogen and oxygen atoms in total. The second-order valence-corrected chi connectivity index (χ2v) is 7.05. The molecule has 98 valence electrons. The van der Waals surface area contributed by atoms with Crippen LogP contribution in [0.2, 0.25) is 0 Å². The monoisotopic (exact) mass is 320 g/mol. The zero-order valence-electron chi connectivity index (χ0n) is 10.8. The minimum Gasteiger partial charge on any atom is -0.379 e. The molecule has 1 rings (SSSR count). The lowest BCUT2D eigenvalue weighted by atomic mass is 9.83. The number of methoxy groups -OCH3 is 1. The van der Waals surface area contributed by atoms with Crippen molar-refractivity contribution in [1.29, 1.82) is 0 Å². The summed E-state index contributed by atoms with van der Waals surface area (Å²) < 4.78 is 6.75. The van der Waals surface area contributed by atoms with E-state index in [2.05, 4.69) is 53.6 Å². The molecule has 2 atom stereocenters. The molecular formula is C12H21BrN2OS. The van der Waals surface area contributed by atoms with Gasteiger partial charge in [-0.1, -0.05) is 20.8 Å². The molecule has 0 aliphatic heterocycles. The molecule has 0 aliphatic rings. The molecule has 17 heavy (non-hydrogen) atoms. The molecule has 5 heteroatoms. The topological polar surface area (TPSA) is 47.3 Å². The van der Waals surface area contributed by atoms with E-state index >= 15 is 0 Å². The molecule has 0 aliphatic carbocycles. The van der Waals surface area contributed by atoms with Crippen molar-refractivity contribution in [2.45, 2.75) is 39.3 Å². The quantitative estimate of drug-likeness (QED) is 0.647. The zero-order chi connectivity index (χ0) is 13.1. The number of thiophene rings is 1. The van der Waals surface area contributed by atoms with Crippen LogP contribution in [-0.2, 0) is 11.2 Å². The van der Waals surface area contributed by atoms with Crippen LogP contribution in [0.25, 0.3) is 0 Å². The first-order valence-corrected chi connectivity index (χ1v) is 7.28. The SMILES string of the molecule is COC(C(Cc1sccc1Br)NN)C(C)(C)C. The van der Waals surface area contributed by atoms with Gasteiger partial charge in [0.25, 0.3) is 0 Å². The molecule has 0 spiro atoms. The van der Waals surface area contributed by atoms with E-state index in [0.717, 1.165) is 10.9 Å². The van der Waals surface area contributed by atoms with Gasteiger partial charge >= 0.3 is 0 Å². The average molecular weight is 321 g/mol. The van der Waals surface area contributed by atoms with E-state index in [4.69, 9.17) is 10.6 Å². The summed E-state index contributed by atoms with van der Waals surface area (Å²) in [6, 6.07) is 2.17. The summed E-state index contributed by atoms with van der Waals surface area (Å²) in [7, 11) is 1.74. The molecule has 0 amide bonds. The van der Waals surface area contributed by atoms with E-state index in [0.29, 0.717) is 0 Å². The van der Waals surface area contributed by atoms with Crippen LogP contribution in [0.3, 0.4) is 0 Å². The Morgan fingerprint density at radius 3 is 2.53 bits per heavy atom. The molecule has 3 N–H and O–H groups in total.